The number of aromatic carboxylic acids is 1. The normalized spacial score (nSPS) is 12.9. The molecule has 7 nitrogen and oxygen atoms in total. The largest absolute Gasteiger partial charge is 0.478 e. The van der Waals surface area contributed by atoms with E-state index in [9.17, 15) is 23.1 Å². The van der Waals surface area contributed by atoms with Crippen LogP contribution in [0.15, 0.2) is 77.0 Å². The minimum atomic E-state index is -3.93. The van der Waals surface area contributed by atoms with Gasteiger partial charge in [-0.25, -0.2) is 13.2 Å². The number of anilines is 2. The Morgan fingerprint density at radius 1 is 1.05 bits per heavy atom. The maximum Gasteiger partial charge on any atom is 0.337 e. The number of hydrogen-bond acceptors (Lipinski definition) is 5. The highest BCUT2D eigenvalue weighted by atomic mass is 35.5. The number of carboxylic acids is 1. The number of rotatable bonds is 6. The van der Waals surface area contributed by atoms with E-state index in [1.807, 2.05) is 18.4 Å². The van der Waals surface area contributed by atoms with Gasteiger partial charge in [0, 0.05) is 22.0 Å². The average molecular weight is 553 g/mol. The van der Waals surface area contributed by atoms with Crippen LogP contribution in [0.25, 0.3) is 10.4 Å². The average Bonchev–Trinajstić information content (AvgIpc) is 3.50. The van der Waals surface area contributed by atoms with Crippen LogP contribution in [0.4, 0.5) is 11.4 Å². The first kappa shape index (κ1) is 25.0. The molecule has 10 heteroatoms. The number of amides is 1. The van der Waals surface area contributed by atoms with Crippen molar-refractivity contribution in [2.45, 2.75) is 18.2 Å². The Labute approximate surface area is 223 Å². The topological polar surface area (TPSA) is 104 Å². The lowest BCUT2D eigenvalue weighted by Gasteiger charge is -2.20. The summed E-state index contributed by atoms with van der Waals surface area (Å²) in [6.45, 7) is 2.23. The number of nitrogens with zero attached hydrogens (tertiary/aromatic N) is 1. The lowest BCUT2D eigenvalue weighted by molar-refractivity contribution is 0.0698. The fraction of sp³-hybridized carbons (Fsp3) is 0.111. The zero-order chi connectivity index (χ0) is 26.3. The number of fused-ring (bicyclic) bond motifs is 1. The van der Waals surface area contributed by atoms with Crippen LogP contribution in [0.5, 0.6) is 0 Å². The minimum Gasteiger partial charge on any atom is -0.478 e. The summed E-state index contributed by atoms with van der Waals surface area (Å²) in [5, 5.41) is 14.9. The third kappa shape index (κ3) is 4.85. The molecule has 1 aliphatic rings. The van der Waals surface area contributed by atoms with Gasteiger partial charge in [0.1, 0.15) is 0 Å². The minimum absolute atomic E-state index is 0.0372. The number of thiophene rings is 1. The summed E-state index contributed by atoms with van der Waals surface area (Å²) in [4.78, 5) is 25.9. The smallest absolute Gasteiger partial charge is 0.337 e. The molecule has 3 aromatic carbocycles. The van der Waals surface area contributed by atoms with Gasteiger partial charge in [-0.15, -0.1) is 11.3 Å². The second kappa shape index (κ2) is 9.66. The lowest BCUT2D eigenvalue weighted by atomic mass is 10.1. The van der Waals surface area contributed by atoms with Crippen molar-refractivity contribution in [1.82, 2.24) is 0 Å². The monoisotopic (exact) mass is 552 g/mol. The molecule has 1 aromatic heterocycles. The second-order valence-electron chi connectivity index (χ2n) is 8.64. The molecule has 0 saturated carbocycles. The van der Waals surface area contributed by atoms with E-state index in [4.69, 9.17) is 11.6 Å². The van der Waals surface area contributed by atoms with E-state index >= 15 is 0 Å². The number of halogens is 1. The predicted octanol–water partition coefficient (Wildman–Crippen LogP) is 6.08. The number of carbonyl (C=O) groups excluding carboxylic acids is 1. The van der Waals surface area contributed by atoms with E-state index in [2.05, 4.69) is 5.32 Å². The van der Waals surface area contributed by atoms with Gasteiger partial charge in [-0.2, -0.15) is 0 Å². The molecule has 0 atom stereocenters. The molecule has 0 unspecified atom stereocenters. The number of carbonyl (C=O) groups is 2. The van der Waals surface area contributed by atoms with Crippen LogP contribution in [-0.4, -0.2) is 31.9 Å². The Morgan fingerprint density at radius 2 is 1.86 bits per heavy atom. The van der Waals surface area contributed by atoms with Gasteiger partial charge >= 0.3 is 5.97 Å². The molecule has 37 heavy (non-hydrogen) atoms. The number of carboxylic acid groups (broad SMARTS) is 1. The van der Waals surface area contributed by atoms with Crippen LogP contribution < -0.4 is 9.62 Å². The Bertz CT molecular complexity index is 1660. The van der Waals surface area contributed by atoms with E-state index < -0.39 is 21.9 Å². The molecular formula is C27H21ClN2O5S2. The summed E-state index contributed by atoms with van der Waals surface area (Å²) in [6, 6.07) is 17.5. The summed E-state index contributed by atoms with van der Waals surface area (Å²) in [5.74, 6) is -1.80. The fourth-order valence-corrected chi connectivity index (χ4v) is 6.92. The molecule has 0 aliphatic carbocycles. The highest BCUT2D eigenvalue weighted by Crippen LogP contribution is 2.35. The summed E-state index contributed by atoms with van der Waals surface area (Å²) in [6.07, 6.45) is 0.536. The molecule has 0 bridgehead atoms. The lowest BCUT2D eigenvalue weighted by Crippen LogP contribution is -2.29. The predicted molar refractivity (Wildman–Crippen MR) is 146 cm³/mol. The van der Waals surface area contributed by atoms with Gasteiger partial charge in [0.2, 0.25) is 0 Å². The summed E-state index contributed by atoms with van der Waals surface area (Å²) >= 11 is 7.55. The van der Waals surface area contributed by atoms with Crippen LogP contribution in [-0.2, 0) is 16.4 Å². The Kier molecular flexibility index (Phi) is 6.53. The second-order valence-corrected chi connectivity index (χ2v) is 11.8. The van der Waals surface area contributed by atoms with Crippen molar-refractivity contribution in [1.29, 1.82) is 0 Å². The van der Waals surface area contributed by atoms with E-state index in [-0.39, 0.29) is 28.3 Å². The molecule has 2 heterocycles. The number of nitrogens with one attached hydrogen (secondary N) is 1. The quantitative estimate of drug-likeness (QED) is 0.302. The van der Waals surface area contributed by atoms with Crippen molar-refractivity contribution in [3.63, 3.8) is 0 Å². The van der Waals surface area contributed by atoms with Crippen molar-refractivity contribution in [3.8, 4) is 10.4 Å². The van der Waals surface area contributed by atoms with E-state index in [0.717, 1.165) is 21.6 Å². The molecule has 0 fully saturated rings. The third-order valence-electron chi connectivity index (χ3n) is 6.09. The first-order chi connectivity index (χ1) is 17.6. The molecule has 0 saturated heterocycles. The van der Waals surface area contributed by atoms with Crippen LogP contribution >= 0.6 is 22.9 Å². The Morgan fingerprint density at radius 3 is 2.59 bits per heavy atom. The number of aryl methyl sites for hydroxylation is 1. The number of benzene rings is 3. The zero-order valence-electron chi connectivity index (χ0n) is 19.6. The molecule has 2 N–H and O–H groups in total. The van der Waals surface area contributed by atoms with Crippen LogP contribution in [0.1, 0.15) is 31.8 Å². The zero-order valence-corrected chi connectivity index (χ0v) is 22.0. The van der Waals surface area contributed by atoms with Gasteiger partial charge < -0.3 is 10.4 Å². The molecular weight excluding hydrogens is 532 g/mol. The van der Waals surface area contributed by atoms with E-state index in [1.165, 1.54) is 46.0 Å². The van der Waals surface area contributed by atoms with Crippen LogP contribution in [0, 0.1) is 6.92 Å². The maximum atomic E-state index is 13.4. The molecule has 188 valence electrons. The summed E-state index contributed by atoms with van der Waals surface area (Å²) < 4.78 is 28.1. The van der Waals surface area contributed by atoms with Crippen molar-refractivity contribution < 1.29 is 23.1 Å². The number of hydrogen-bond donors (Lipinski definition) is 2. The van der Waals surface area contributed by atoms with E-state index in [1.54, 1.807) is 30.3 Å². The standard InChI is InChI=1S/C27H21ClN2O5S2/c1-16-11-25(36-15-16)18-5-7-23(22(14-18)27(32)33)29-26(31)19-3-2-4-21(13-19)37(34,35)30-10-9-17-12-20(28)6-8-24(17)30/h2-8,11-15H,9-10H2,1H3,(H,29,31)(H,32,33). The van der Waals surface area contributed by atoms with Gasteiger partial charge in [0.25, 0.3) is 15.9 Å². The van der Waals surface area contributed by atoms with Crippen LogP contribution in [0.2, 0.25) is 5.02 Å². The van der Waals surface area contributed by atoms with Gasteiger partial charge in [-0.05, 0) is 90.0 Å². The van der Waals surface area contributed by atoms with Gasteiger partial charge in [-0.3, -0.25) is 9.10 Å². The summed E-state index contributed by atoms with van der Waals surface area (Å²) in [7, 11) is -3.93. The van der Waals surface area contributed by atoms with Crippen LogP contribution in [0.3, 0.4) is 0 Å². The summed E-state index contributed by atoms with van der Waals surface area (Å²) in [5.41, 5.74) is 3.35. The maximum absolute atomic E-state index is 13.4. The molecule has 0 spiro atoms. The molecule has 0 radical (unpaired) electrons. The number of sulfonamides is 1. The first-order valence-electron chi connectivity index (χ1n) is 11.3. The molecule has 4 aromatic rings. The fourth-order valence-electron chi connectivity index (χ4n) is 4.28. The van der Waals surface area contributed by atoms with Crippen molar-refractivity contribution in [2.24, 2.45) is 0 Å². The van der Waals surface area contributed by atoms with Gasteiger partial charge in [-0.1, -0.05) is 23.7 Å². The first-order valence-corrected chi connectivity index (χ1v) is 14.0. The molecule has 1 aliphatic heterocycles. The molecule has 1 amide bonds. The molecule has 5 rings (SSSR count). The van der Waals surface area contributed by atoms with Crippen molar-refractivity contribution in [2.75, 3.05) is 16.2 Å². The van der Waals surface area contributed by atoms with E-state index in [0.29, 0.717) is 17.1 Å². The van der Waals surface area contributed by atoms with Gasteiger partial charge in [0.05, 0.1) is 21.8 Å². The Balaban J connectivity index is 1.42. The van der Waals surface area contributed by atoms with Crippen molar-refractivity contribution >= 4 is 56.2 Å². The third-order valence-corrected chi connectivity index (χ3v) is 9.23. The Hall–Kier alpha value is -3.66. The highest BCUT2D eigenvalue weighted by molar-refractivity contribution is 7.92. The SMILES string of the molecule is Cc1csc(-c2ccc(NC(=O)c3cccc(S(=O)(=O)N4CCc5cc(Cl)ccc54)c3)c(C(=O)O)c2)c1. The van der Waals surface area contributed by atoms with Crippen molar-refractivity contribution in [3.05, 3.63) is 99.4 Å². The highest BCUT2D eigenvalue weighted by Gasteiger charge is 2.31. The van der Waals surface area contributed by atoms with Gasteiger partial charge in [0.15, 0.2) is 0 Å².